The van der Waals surface area contributed by atoms with Gasteiger partial charge in [0.05, 0.1) is 11.1 Å². The van der Waals surface area contributed by atoms with Crippen LogP contribution in [0.3, 0.4) is 0 Å². The molecule has 0 unspecified atom stereocenters. The molecule has 1 amide bonds. The molecule has 0 saturated heterocycles. The highest BCUT2D eigenvalue weighted by Gasteiger charge is 2.29. The molecule has 0 aliphatic carbocycles. The molecule has 0 fully saturated rings. The van der Waals surface area contributed by atoms with Crippen LogP contribution in [0, 0.1) is 12.3 Å². The lowest BCUT2D eigenvalue weighted by Crippen LogP contribution is -2.38. The summed E-state index contributed by atoms with van der Waals surface area (Å²) in [6, 6.07) is 0. The molecule has 0 bridgehead atoms. The quantitative estimate of drug-likeness (QED) is 0.841. The van der Waals surface area contributed by atoms with Gasteiger partial charge in [0, 0.05) is 20.6 Å². The first-order chi connectivity index (χ1) is 8.77. The summed E-state index contributed by atoms with van der Waals surface area (Å²) >= 11 is 0. The molecule has 0 saturated carbocycles. The molecule has 7 heteroatoms. The summed E-state index contributed by atoms with van der Waals surface area (Å²) in [5, 5.41) is 6.99. The molecular formula is C12H20N6O. The number of nitrogens with two attached hydrogens (primary N) is 1. The topological polar surface area (TPSA) is 90.8 Å². The van der Waals surface area contributed by atoms with E-state index in [0.29, 0.717) is 12.5 Å². The minimum Gasteiger partial charge on any atom is -0.369 e. The minimum atomic E-state index is -0.575. The molecule has 2 aromatic rings. The maximum absolute atomic E-state index is 11.9. The first-order valence-corrected chi connectivity index (χ1v) is 6.15. The molecule has 0 aliphatic heterocycles. The minimum absolute atomic E-state index is 0.0346. The molecule has 2 heterocycles. The number of nitrogens with zero attached hydrogens (tertiary/aromatic N) is 4. The molecule has 2 rings (SSSR count). The first-order valence-electron chi connectivity index (χ1n) is 6.15. The zero-order chi connectivity index (χ0) is 14.4. The van der Waals surface area contributed by atoms with Crippen molar-refractivity contribution in [2.45, 2.75) is 27.3 Å². The van der Waals surface area contributed by atoms with Gasteiger partial charge < -0.3 is 11.1 Å². The fourth-order valence-electron chi connectivity index (χ4n) is 2.31. The highest BCUT2D eigenvalue weighted by molar-refractivity contribution is 5.82. The summed E-state index contributed by atoms with van der Waals surface area (Å²) in [5.41, 5.74) is 7.85. The van der Waals surface area contributed by atoms with E-state index in [2.05, 4.69) is 15.4 Å². The summed E-state index contributed by atoms with van der Waals surface area (Å²) in [5.74, 6) is 0.371. The number of imidazole rings is 1. The Labute approximate surface area is 111 Å². The van der Waals surface area contributed by atoms with Gasteiger partial charge >= 0.3 is 0 Å². The standard InChI is InChI=1S/C12H20N6O/c1-7-8-9(17(5)16-7)18(11(13)15-8)6-12(2,3)10(19)14-4/h6H2,1-5H3,(H2,13,15)(H,14,19). The van der Waals surface area contributed by atoms with Crippen LogP contribution in [-0.2, 0) is 18.4 Å². The van der Waals surface area contributed by atoms with Gasteiger partial charge in [-0.1, -0.05) is 0 Å². The van der Waals surface area contributed by atoms with E-state index in [0.717, 1.165) is 16.9 Å². The van der Waals surface area contributed by atoms with E-state index < -0.39 is 5.41 Å². The van der Waals surface area contributed by atoms with E-state index >= 15 is 0 Å². The van der Waals surface area contributed by atoms with E-state index in [1.165, 1.54) is 0 Å². The van der Waals surface area contributed by atoms with Crippen molar-refractivity contribution in [2.24, 2.45) is 12.5 Å². The van der Waals surface area contributed by atoms with Crippen molar-refractivity contribution in [3.8, 4) is 0 Å². The number of carbonyl (C=O) groups excluding carboxylic acids is 1. The van der Waals surface area contributed by atoms with Gasteiger partial charge in [-0.2, -0.15) is 5.10 Å². The smallest absolute Gasteiger partial charge is 0.227 e. The van der Waals surface area contributed by atoms with Crippen molar-refractivity contribution in [2.75, 3.05) is 12.8 Å². The predicted molar refractivity (Wildman–Crippen MR) is 73.5 cm³/mol. The Morgan fingerprint density at radius 1 is 1.47 bits per heavy atom. The maximum atomic E-state index is 11.9. The van der Waals surface area contributed by atoms with Gasteiger partial charge in [-0.15, -0.1) is 0 Å². The highest BCUT2D eigenvalue weighted by atomic mass is 16.2. The summed E-state index contributed by atoms with van der Waals surface area (Å²) in [6.07, 6.45) is 0. The monoisotopic (exact) mass is 264 g/mol. The molecular weight excluding hydrogens is 244 g/mol. The number of aryl methyl sites for hydroxylation is 2. The molecule has 0 spiro atoms. The normalized spacial score (nSPS) is 12.1. The van der Waals surface area contributed by atoms with Crippen LogP contribution < -0.4 is 11.1 Å². The lowest BCUT2D eigenvalue weighted by Gasteiger charge is -2.23. The Hall–Kier alpha value is -2.05. The van der Waals surface area contributed by atoms with Gasteiger partial charge in [-0.3, -0.25) is 14.0 Å². The van der Waals surface area contributed by atoms with Crippen LogP contribution >= 0.6 is 0 Å². The third kappa shape index (κ3) is 2.05. The predicted octanol–water partition coefficient (Wildman–Crippen LogP) is 0.433. The van der Waals surface area contributed by atoms with Crippen LogP contribution in [0.25, 0.3) is 11.2 Å². The number of carbonyl (C=O) groups is 1. The van der Waals surface area contributed by atoms with Crippen LogP contribution in [0.2, 0.25) is 0 Å². The van der Waals surface area contributed by atoms with Crippen LogP contribution in [0.4, 0.5) is 5.95 Å². The number of hydrogen-bond acceptors (Lipinski definition) is 4. The third-order valence-electron chi connectivity index (χ3n) is 3.31. The van der Waals surface area contributed by atoms with Gasteiger partial charge in [0.2, 0.25) is 11.9 Å². The zero-order valence-corrected chi connectivity index (χ0v) is 12.0. The molecule has 0 atom stereocenters. The van der Waals surface area contributed by atoms with E-state index in [1.807, 2.05) is 32.4 Å². The number of rotatable bonds is 3. The SMILES string of the molecule is CNC(=O)C(C)(C)Cn1c(N)nc2c(C)nn(C)c21. The van der Waals surface area contributed by atoms with Crippen molar-refractivity contribution >= 4 is 23.0 Å². The van der Waals surface area contributed by atoms with Crippen LogP contribution in [-0.4, -0.2) is 32.3 Å². The lowest BCUT2D eigenvalue weighted by molar-refractivity contribution is -0.129. The fraction of sp³-hybridized carbons (Fsp3) is 0.583. The highest BCUT2D eigenvalue weighted by Crippen LogP contribution is 2.26. The van der Waals surface area contributed by atoms with Crippen LogP contribution in [0.1, 0.15) is 19.5 Å². The number of anilines is 1. The van der Waals surface area contributed by atoms with Crippen molar-refractivity contribution in [1.82, 2.24) is 24.6 Å². The first kappa shape index (κ1) is 13.4. The average molecular weight is 264 g/mol. The maximum Gasteiger partial charge on any atom is 0.227 e. The molecule has 3 N–H and O–H groups in total. The van der Waals surface area contributed by atoms with E-state index in [1.54, 1.807) is 11.7 Å². The van der Waals surface area contributed by atoms with Gasteiger partial charge in [0.15, 0.2) is 5.65 Å². The Morgan fingerprint density at radius 2 is 2.11 bits per heavy atom. The van der Waals surface area contributed by atoms with Gasteiger partial charge in [0.1, 0.15) is 5.52 Å². The van der Waals surface area contributed by atoms with Gasteiger partial charge in [-0.05, 0) is 20.8 Å². The molecule has 0 aromatic carbocycles. The number of hydrogen-bond donors (Lipinski definition) is 2. The third-order valence-corrected chi connectivity index (χ3v) is 3.31. The van der Waals surface area contributed by atoms with E-state index in [9.17, 15) is 4.79 Å². The average Bonchev–Trinajstić information content (AvgIpc) is 2.78. The zero-order valence-electron chi connectivity index (χ0n) is 12.0. The summed E-state index contributed by atoms with van der Waals surface area (Å²) in [7, 11) is 3.48. The largest absolute Gasteiger partial charge is 0.369 e. The van der Waals surface area contributed by atoms with Crippen LogP contribution in [0.15, 0.2) is 0 Å². The Kier molecular flexibility index (Phi) is 3.00. The molecule has 104 valence electrons. The number of fused-ring (bicyclic) bond motifs is 1. The van der Waals surface area contributed by atoms with Gasteiger partial charge in [0.25, 0.3) is 0 Å². The molecule has 7 nitrogen and oxygen atoms in total. The molecule has 0 radical (unpaired) electrons. The van der Waals surface area contributed by atoms with Crippen LogP contribution in [0.5, 0.6) is 0 Å². The van der Waals surface area contributed by atoms with Crippen molar-refractivity contribution < 1.29 is 4.79 Å². The molecule has 0 aliphatic rings. The second kappa shape index (κ2) is 4.25. The Balaban J connectivity index is 2.51. The Morgan fingerprint density at radius 3 is 2.68 bits per heavy atom. The Bertz CT molecular complexity index is 636. The van der Waals surface area contributed by atoms with Crippen molar-refractivity contribution in [1.29, 1.82) is 0 Å². The van der Waals surface area contributed by atoms with Crippen molar-refractivity contribution in [3.63, 3.8) is 0 Å². The summed E-state index contributed by atoms with van der Waals surface area (Å²) in [6.45, 7) is 6.09. The summed E-state index contributed by atoms with van der Waals surface area (Å²) in [4.78, 5) is 16.2. The lowest BCUT2D eigenvalue weighted by atomic mass is 9.92. The number of amides is 1. The number of aromatic nitrogens is 4. The number of nitrogens with one attached hydrogen (secondary N) is 1. The second-order valence-corrected chi connectivity index (χ2v) is 5.40. The van der Waals surface area contributed by atoms with Crippen molar-refractivity contribution in [3.05, 3.63) is 5.69 Å². The summed E-state index contributed by atoms with van der Waals surface area (Å²) < 4.78 is 3.58. The fourth-order valence-corrected chi connectivity index (χ4v) is 2.31. The van der Waals surface area contributed by atoms with Gasteiger partial charge in [-0.25, -0.2) is 4.98 Å². The second-order valence-electron chi connectivity index (χ2n) is 5.40. The van der Waals surface area contributed by atoms with E-state index in [-0.39, 0.29) is 5.91 Å². The van der Waals surface area contributed by atoms with E-state index in [4.69, 9.17) is 5.73 Å². The number of nitrogen functional groups attached to an aromatic ring is 1. The molecule has 19 heavy (non-hydrogen) atoms. The molecule has 2 aromatic heterocycles.